The molecule has 0 bridgehead atoms. The Kier molecular flexibility index (Phi) is 6.30. The molecule has 0 fully saturated rings. The molecule has 3 heterocycles. The van der Waals surface area contributed by atoms with Gasteiger partial charge in [-0.05, 0) is 48.5 Å². The summed E-state index contributed by atoms with van der Waals surface area (Å²) in [6, 6.07) is 15.8. The summed E-state index contributed by atoms with van der Waals surface area (Å²) in [5.74, 6) is 0.466. The summed E-state index contributed by atoms with van der Waals surface area (Å²) in [4.78, 5) is 17.1. The molecule has 0 aliphatic rings. The number of aromatic nitrogens is 3. The van der Waals surface area contributed by atoms with Crippen molar-refractivity contribution in [3.63, 3.8) is 0 Å². The number of halogens is 1. The van der Waals surface area contributed by atoms with E-state index < -0.39 is 5.91 Å². The van der Waals surface area contributed by atoms with Gasteiger partial charge in [-0.25, -0.2) is 9.67 Å². The molecule has 31 heavy (non-hydrogen) atoms. The lowest BCUT2D eigenvalue weighted by atomic mass is 10.2. The van der Waals surface area contributed by atoms with Gasteiger partial charge in [0.1, 0.15) is 18.0 Å². The number of nitrogens with zero attached hydrogens (tertiary/aromatic N) is 3. The van der Waals surface area contributed by atoms with Crippen LogP contribution in [-0.4, -0.2) is 41.0 Å². The second-order valence-electron chi connectivity index (χ2n) is 6.43. The number of hydrogen-bond donors (Lipinski definition) is 1. The zero-order valence-corrected chi connectivity index (χ0v) is 17.4. The van der Waals surface area contributed by atoms with Crippen molar-refractivity contribution in [3.8, 4) is 23.0 Å². The van der Waals surface area contributed by atoms with Crippen molar-refractivity contribution in [2.24, 2.45) is 0 Å². The van der Waals surface area contributed by atoms with Crippen LogP contribution in [0.3, 0.4) is 0 Å². The molecule has 1 amide bonds. The fraction of sp³-hybridized carbons (Fsp3) is 0.136. The average molecular weight is 439 g/mol. The Morgan fingerprint density at radius 2 is 2.00 bits per heavy atom. The van der Waals surface area contributed by atoms with Gasteiger partial charge in [0.15, 0.2) is 11.5 Å². The number of anilines is 1. The molecular formula is C22H19ClN4O4. The molecule has 0 spiro atoms. The third-order valence-corrected chi connectivity index (χ3v) is 4.58. The third kappa shape index (κ3) is 4.76. The lowest BCUT2D eigenvalue weighted by Gasteiger charge is -2.10. The molecule has 1 aromatic carbocycles. The Morgan fingerprint density at radius 3 is 2.74 bits per heavy atom. The van der Waals surface area contributed by atoms with Crippen LogP contribution in [0.4, 0.5) is 5.69 Å². The quantitative estimate of drug-likeness (QED) is 0.408. The molecule has 0 atom stereocenters. The summed E-state index contributed by atoms with van der Waals surface area (Å²) in [7, 11) is 1.58. The number of amides is 1. The van der Waals surface area contributed by atoms with Crippen LogP contribution in [0.5, 0.6) is 5.88 Å². The van der Waals surface area contributed by atoms with Crippen molar-refractivity contribution in [2.45, 2.75) is 0 Å². The van der Waals surface area contributed by atoms with E-state index in [2.05, 4.69) is 15.4 Å². The number of carbonyl (C=O) groups is 1. The molecule has 0 radical (unpaired) electrons. The number of benzene rings is 1. The molecule has 4 rings (SSSR count). The van der Waals surface area contributed by atoms with Gasteiger partial charge in [0.25, 0.3) is 5.91 Å². The summed E-state index contributed by atoms with van der Waals surface area (Å²) < 4.78 is 17.7. The average Bonchev–Trinajstić information content (AvgIpc) is 3.46. The predicted molar refractivity (Wildman–Crippen MR) is 116 cm³/mol. The number of rotatable bonds is 8. The van der Waals surface area contributed by atoms with Crippen LogP contribution in [0.15, 0.2) is 71.5 Å². The zero-order valence-electron chi connectivity index (χ0n) is 16.6. The van der Waals surface area contributed by atoms with Crippen LogP contribution in [0.2, 0.25) is 5.02 Å². The van der Waals surface area contributed by atoms with E-state index in [0.717, 1.165) is 5.69 Å². The molecule has 0 aliphatic carbocycles. The lowest BCUT2D eigenvalue weighted by Crippen LogP contribution is -2.15. The van der Waals surface area contributed by atoms with E-state index in [1.54, 1.807) is 66.7 Å². The summed E-state index contributed by atoms with van der Waals surface area (Å²) in [6.07, 6.45) is 3.15. The second kappa shape index (κ2) is 9.46. The summed E-state index contributed by atoms with van der Waals surface area (Å²) in [6.45, 7) is 0.714. The highest BCUT2D eigenvalue weighted by Crippen LogP contribution is 2.27. The van der Waals surface area contributed by atoms with Crippen molar-refractivity contribution in [1.82, 2.24) is 14.8 Å². The second-order valence-corrected chi connectivity index (χ2v) is 6.87. The maximum Gasteiger partial charge on any atom is 0.276 e. The number of methoxy groups -OCH3 is 1. The lowest BCUT2D eigenvalue weighted by molar-refractivity contribution is 0.102. The van der Waals surface area contributed by atoms with Gasteiger partial charge in [-0.15, -0.1) is 0 Å². The van der Waals surface area contributed by atoms with Crippen molar-refractivity contribution >= 4 is 23.2 Å². The first kappa shape index (κ1) is 20.6. The number of hydrogen-bond acceptors (Lipinski definition) is 6. The first-order valence-electron chi connectivity index (χ1n) is 9.43. The van der Waals surface area contributed by atoms with Gasteiger partial charge >= 0.3 is 0 Å². The highest BCUT2D eigenvalue weighted by Gasteiger charge is 2.19. The number of ether oxygens (including phenoxy) is 2. The van der Waals surface area contributed by atoms with Gasteiger partial charge in [0, 0.05) is 24.4 Å². The molecule has 0 unspecified atom stereocenters. The summed E-state index contributed by atoms with van der Waals surface area (Å²) >= 11 is 6.01. The molecule has 0 saturated carbocycles. The standard InChI is InChI=1S/C22H19ClN4O4/c1-29-12-13-31-22-17(4-2-10-24-22)25-21(28)18-14-19(20-5-3-11-30-20)27(26-18)16-8-6-15(23)7-9-16/h2-11,14H,12-13H2,1H3,(H,25,28). The van der Waals surface area contributed by atoms with E-state index in [1.165, 1.54) is 0 Å². The van der Waals surface area contributed by atoms with Crippen molar-refractivity contribution in [1.29, 1.82) is 0 Å². The van der Waals surface area contributed by atoms with Crippen LogP contribution in [0, 0.1) is 0 Å². The minimum atomic E-state index is -0.412. The highest BCUT2D eigenvalue weighted by atomic mass is 35.5. The maximum atomic E-state index is 13.0. The fourth-order valence-corrected chi connectivity index (χ4v) is 3.01. The van der Waals surface area contributed by atoms with E-state index in [9.17, 15) is 4.79 Å². The Bertz CT molecular complexity index is 1160. The Morgan fingerprint density at radius 1 is 1.16 bits per heavy atom. The molecule has 0 aliphatic heterocycles. The Balaban J connectivity index is 1.64. The van der Waals surface area contributed by atoms with Crippen LogP contribution >= 0.6 is 11.6 Å². The van der Waals surface area contributed by atoms with Crippen LogP contribution < -0.4 is 10.1 Å². The number of pyridine rings is 1. The van der Waals surface area contributed by atoms with E-state index in [-0.39, 0.29) is 5.69 Å². The smallest absolute Gasteiger partial charge is 0.276 e. The minimum Gasteiger partial charge on any atom is -0.474 e. The zero-order chi connectivity index (χ0) is 21.6. The number of nitrogens with one attached hydrogen (secondary N) is 1. The summed E-state index contributed by atoms with van der Waals surface area (Å²) in [5.41, 5.74) is 2.00. The van der Waals surface area contributed by atoms with Gasteiger partial charge < -0.3 is 19.2 Å². The molecule has 158 valence electrons. The van der Waals surface area contributed by atoms with E-state index in [4.69, 9.17) is 25.5 Å². The first-order valence-corrected chi connectivity index (χ1v) is 9.81. The van der Waals surface area contributed by atoms with Crippen LogP contribution in [0.25, 0.3) is 17.1 Å². The third-order valence-electron chi connectivity index (χ3n) is 4.33. The van der Waals surface area contributed by atoms with E-state index in [0.29, 0.717) is 41.3 Å². The molecule has 9 heteroatoms. The fourth-order valence-electron chi connectivity index (χ4n) is 2.88. The normalized spacial score (nSPS) is 10.8. The van der Waals surface area contributed by atoms with Crippen molar-refractivity contribution in [2.75, 3.05) is 25.6 Å². The molecule has 3 aromatic heterocycles. The minimum absolute atomic E-state index is 0.202. The molecule has 0 saturated heterocycles. The van der Waals surface area contributed by atoms with Crippen molar-refractivity contribution in [3.05, 3.63) is 77.8 Å². The number of carbonyl (C=O) groups excluding carboxylic acids is 1. The van der Waals surface area contributed by atoms with Gasteiger partial charge in [-0.3, -0.25) is 4.79 Å². The van der Waals surface area contributed by atoms with E-state index >= 15 is 0 Å². The summed E-state index contributed by atoms with van der Waals surface area (Å²) in [5, 5.41) is 7.90. The first-order chi connectivity index (χ1) is 15.2. The SMILES string of the molecule is COCCOc1ncccc1NC(=O)c1cc(-c2ccco2)n(-c2ccc(Cl)cc2)n1. The topological polar surface area (TPSA) is 91.4 Å². The molecular weight excluding hydrogens is 420 g/mol. The molecule has 8 nitrogen and oxygen atoms in total. The monoisotopic (exact) mass is 438 g/mol. The predicted octanol–water partition coefficient (Wildman–Crippen LogP) is 4.46. The van der Waals surface area contributed by atoms with Gasteiger partial charge in [-0.1, -0.05) is 11.6 Å². The van der Waals surface area contributed by atoms with E-state index in [1.807, 2.05) is 12.1 Å². The van der Waals surface area contributed by atoms with Gasteiger partial charge in [0.2, 0.25) is 5.88 Å². The Hall–Kier alpha value is -3.62. The van der Waals surface area contributed by atoms with Crippen molar-refractivity contribution < 1.29 is 18.7 Å². The van der Waals surface area contributed by atoms with Crippen LogP contribution in [0.1, 0.15) is 10.5 Å². The van der Waals surface area contributed by atoms with Crippen LogP contribution in [-0.2, 0) is 4.74 Å². The highest BCUT2D eigenvalue weighted by molar-refractivity contribution is 6.30. The Labute approximate surface area is 183 Å². The van der Waals surface area contributed by atoms with Gasteiger partial charge in [-0.2, -0.15) is 5.10 Å². The maximum absolute atomic E-state index is 13.0. The largest absolute Gasteiger partial charge is 0.474 e. The molecule has 4 aromatic rings. The van der Waals surface area contributed by atoms with Gasteiger partial charge in [0.05, 0.1) is 18.6 Å². The molecule has 1 N–H and O–H groups in total. The number of furan rings is 1.